The smallest absolute Gasteiger partial charge is 0.0554 e. The molecule has 0 atom stereocenters. The second-order valence-electron chi connectivity index (χ2n) is 6.30. The van der Waals surface area contributed by atoms with E-state index in [-0.39, 0.29) is 5.54 Å². The quantitative estimate of drug-likeness (QED) is 0.844. The number of likely N-dealkylation sites (N-methyl/N-ethyl adjacent to an activating group) is 2. The minimum absolute atomic E-state index is 0.0261. The molecule has 0 spiro atoms. The summed E-state index contributed by atoms with van der Waals surface area (Å²) in [5.74, 6) is 0. The molecule has 0 bridgehead atoms. The first-order chi connectivity index (χ1) is 9.59. The Morgan fingerprint density at radius 1 is 0.952 bits per heavy atom. The predicted molar refractivity (Wildman–Crippen MR) is 96.9 cm³/mol. The van der Waals surface area contributed by atoms with Crippen molar-refractivity contribution in [1.82, 2.24) is 9.80 Å². The lowest BCUT2D eigenvalue weighted by Crippen LogP contribution is -2.47. The van der Waals surface area contributed by atoms with Crippen molar-refractivity contribution < 1.29 is 0 Å². The van der Waals surface area contributed by atoms with Gasteiger partial charge in [0, 0.05) is 25.0 Å². The minimum Gasteiger partial charge on any atom is -0.379 e. The number of nitrogens with zero attached hydrogens (tertiary/aromatic N) is 2. The Bertz CT molecular complexity index is 537. The van der Waals surface area contributed by atoms with Crippen molar-refractivity contribution in [2.75, 3.05) is 28.2 Å². The maximum absolute atomic E-state index is 4.05. The van der Waals surface area contributed by atoms with Gasteiger partial charge in [-0.05, 0) is 58.1 Å². The van der Waals surface area contributed by atoms with Crippen LogP contribution in [0.25, 0.3) is 12.3 Å². The van der Waals surface area contributed by atoms with E-state index in [0.717, 1.165) is 5.22 Å². The maximum Gasteiger partial charge on any atom is 0.0554 e. The fourth-order valence-corrected chi connectivity index (χ4v) is 2.72. The van der Waals surface area contributed by atoms with Gasteiger partial charge < -0.3 is 4.90 Å². The first-order valence-corrected chi connectivity index (χ1v) is 7.74. The lowest BCUT2D eigenvalue weighted by Gasteiger charge is -2.39. The van der Waals surface area contributed by atoms with E-state index < -0.39 is 0 Å². The van der Waals surface area contributed by atoms with Crippen LogP contribution in [0.5, 0.6) is 0 Å². The number of hydrogen-bond donors (Lipinski definition) is 0. The van der Waals surface area contributed by atoms with Crippen LogP contribution in [0.15, 0.2) is 12.1 Å². The Morgan fingerprint density at radius 3 is 1.62 bits per heavy atom. The summed E-state index contributed by atoms with van der Waals surface area (Å²) >= 11 is 0. The first-order valence-electron chi connectivity index (χ1n) is 7.74. The normalized spacial score (nSPS) is 11.0. The Hall–Kier alpha value is -1.28. The molecule has 21 heavy (non-hydrogen) atoms. The third-order valence-electron chi connectivity index (χ3n) is 3.97. The van der Waals surface area contributed by atoms with Gasteiger partial charge >= 0.3 is 0 Å². The van der Waals surface area contributed by atoms with Gasteiger partial charge in [0.1, 0.15) is 0 Å². The van der Waals surface area contributed by atoms with Gasteiger partial charge in [0.15, 0.2) is 0 Å². The summed E-state index contributed by atoms with van der Waals surface area (Å²) in [7, 11) is 8.50. The van der Waals surface area contributed by atoms with Crippen LogP contribution in [-0.2, 0) is 0 Å². The first kappa shape index (κ1) is 19.7. The van der Waals surface area contributed by atoms with E-state index in [0.29, 0.717) is 0 Å². The van der Waals surface area contributed by atoms with E-state index in [4.69, 9.17) is 0 Å². The molecule has 0 aliphatic carbocycles. The molecular formula is C19H34N2. The molecule has 2 nitrogen and oxygen atoms in total. The molecule has 1 aromatic rings. The number of aryl methyl sites for hydroxylation is 2. The van der Waals surface area contributed by atoms with Crippen LogP contribution in [0.1, 0.15) is 38.8 Å². The van der Waals surface area contributed by atoms with Gasteiger partial charge in [0.05, 0.1) is 5.54 Å². The van der Waals surface area contributed by atoms with Crippen molar-refractivity contribution in [3.8, 4) is 0 Å². The molecular weight excluding hydrogens is 256 g/mol. The summed E-state index contributed by atoms with van der Waals surface area (Å²) in [5, 5.41) is 2.43. The van der Waals surface area contributed by atoms with Crippen LogP contribution in [0.4, 0.5) is 0 Å². The molecule has 0 heterocycles. The van der Waals surface area contributed by atoms with Crippen LogP contribution in [0.2, 0.25) is 0 Å². The molecule has 0 unspecified atom stereocenters. The summed E-state index contributed by atoms with van der Waals surface area (Å²) in [6.07, 6.45) is 0. The molecule has 0 amide bonds. The van der Waals surface area contributed by atoms with Crippen molar-refractivity contribution in [3.05, 3.63) is 33.7 Å². The van der Waals surface area contributed by atoms with Crippen LogP contribution in [0, 0.1) is 13.8 Å². The highest BCUT2D eigenvalue weighted by atomic mass is 15.2. The Balaban J connectivity index is 0.00000191. The third-order valence-corrected chi connectivity index (χ3v) is 3.97. The van der Waals surface area contributed by atoms with E-state index in [2.05, 4.69) is 84.4 Å². The molecule has 1 rings (SSSR count). The van der Waals surface area contributed by atoms with Gasteiger partial charge in [-0.25, -0.2) is 0 Å². The summed E-state index contributed by atoms with van der Waals surface area (Å²) in [5.41, 5.74) is 3.90. The number of hydrogen-bond acceptors (Lipinski definition) is 2. The van der Waals surface area contributed by atoms with Crippen LogP contribution in [0.3, 0.4) is 0 Å². The second-order valence-corrected chi connectivity index (χ2v) is 6.30. The summed E-state index contributed by atoms with van der Waals surface area (Å²) in [4.78, 5) is 4.50. The monoisotopic (exact) mass is 290 g/mol. The predicted octanol–water partition coefficient (Wildman–Crippen LogP) is 2.75. The van der Waals surface area contributed by atoms with Crippen LogP contribution < -0.4 is 10.4 Å². The molecule has 0 aromatic heterocycles. The molecule has 1 aromatic carbocycles. The van der Waals surface area contributed by atoms with E-state index in [1.807, 2.05) is 13.8 Å². The molecule has 0 radical (unpaired) electrons. The lowest BCUT2D eigenvalue weighted by atomic mass is 9.92. The van der Waals surface area contributed by atoms with E-state index in [1.165, 1.54) is 22.0 Å². The molecule has 120 valence electrons. The van der Waals surface area contributed by atoms with Crippen molar-refractivity contribution in [3.63, 3.8) is 0 Å². The largest absolute Gasteiger partial charge is 0.379 e. The van der Waals surface area contributed by atoms with Gasteiger partial charge in [0.25, 0.3) is 0 Å². The topological polar surface area (TPSA) is 6.48 Å². The second kappa shape index (κ2) is 7.65. The van der Waals surface area contributed by atoms with Crippen LogP contribution >= 0.6 is 0 Å². The van der Waals surface area contributed by atoms with Crippen LogP contribution in [-0.4, -0.2) is 43.5 Å². The van der Waals surface area contributed by atoms with Crippen molar-refractivity contribution in [2.24, 2.45) is 0 Å². The van der Waals surface area contributed by atoms with Gasteiger partial charge in [-0.1, -0.05) is 32.6 Å². The highest BCUT2D eigenvalue weighted by molar-refractivity contribution is 5.56. The van der Waals surface area contributed by atoms with Gasteiger partial charge in [-0.2, -0.15) is 0 Å². The molecule has 0 fully saturated rings. The molecule has 0 saturated heterocycles. The average Bonchev–Trinajstić information content (AvgIpc) is 2.34. The Morgan fingerprint density at radius 2 is 1.33 bits per heavy atom. The zero-order chi connectivity index (χ0) is 17.0. The van der Waals surface area contributed by atoms with Gasteiger partial charge in [-0.3, -0.25) is 4.90 Å². The Kier molecular flexibility index (Phi) is 7.18. The number of benzene rings is 1. The van der Waals surface area contributed by atoms with Gasteiger partial charge in [-0.15, -0.1) is 0 Å². The van der Waals surface area contributed by atoms with E-state index >= 15 is 0 Å². The molecule has 0 aliphatic heterocycles. The standard InChI is InChI=1S/C17H28N2.C2H6/c1-12-10-13(2)15(14(3)11-12)16(18(6)7)17(4,5)19(8)9;1-2/h10-11H,1H2,2-9H3;1-2H3. The van der Waals surface area contributed by atoms with E-state index in [1.54, 1.807) is 0 Å². The maximum atomic E-state index is 4.05. The van der Waals surface area contributed by atoms with E-state index in [9.17, 15) is 0 Å². The number of rotatable bonds is 3. The molecule has 0 aliphatic rings. The third kappa shape index (κ3) is 4.34. The highest BCUT2D eigenvalue weighted by Crippen LogP contribution is 2.23. The fraction of sp³-hybridized carbons (Fsp3) is 0.579. The highest BCUT2D eigenvalue weighted by Gasteiger charge is 2.28. The van der Waals surface area contributed by atoms with Gasteiger partial charge in [0.2, 0.25) is 0 Å². The summed E-state index contributed by atoms with van der Waals surface area (Å²) in [6.45, 7) is 16.9. The fourth-order valence-electron chi connectivity index (χ4n) is 2.72. The molecule has 0 saturated carbocycles. The van der Waals surface area contributed by atoms with Crippen molar-refractivity contribution >= 4 is 12.3 Å². The summed E-state index contributed by atoms with van der Waals surface area (Å²) in [6, 6.07) is 4.33. The zero-order valence-corrected chi connectivity index (χ0v) is 15.8. The zero-order valence-electron chi connectivity index (χ0n) is 15.8. The molecule has 2 heteroatoms. The minimum atomic E-state index is -0.0261. The summed E-state index contributed by atoms with van der Waals surface area (Å²) < 4.78 is 0. The average molecular weight is 290 g/mol. The van der Waals surface area contributed by atoms with Crippen molar-refractivity contribution in [1.29, 1.82) is 0 Å². The lowest BCUT2D eigenvalue weighted by molar-refractivity contribution is 0.236. The van der Waals surface area contributed by atoms with Crippen molar-refractivity contribution in [2.45, 2.75) is 47.1 Å². The Labute approximate surface area is 131 Å². The SMILES string of the molecule is C=c1cc(C)c(=C(N(C)C)C(C)(C)N(C)C)c(C)c1.CC. The molecule has 0 N–H and O–H groups in total.